The predicted molar refractivity (Wildman–Crippen MR) is 76.9 cm³/mol. The average Bonchev–Trinajstić information content (AvgIpc) is 2.60. The third kappa shape index (κ3) is 2.21. The zero-order valence-corrected chi connectivity index (χ0v) is 12.6. The minimum absolute atomic E-state index is 0.0144. The van der Waals surface area contributed by atoms with E-state index in [1.807, 2.05) is 11.7 Å². The summed E-state index contributed by atoms with van der Waals surface area (Å²) in [5.41, 5.74) is 1.33. The van der Waals surface area contributed by atoms with E-state index in [1.165, 1.54) is 0 Å². The van der Waals surface area contributed by atoms with Crippen LogP contribution in [0.25, 0.3) is 0 Å². The molecule has 0 aliphatic carbocycles. The van der Waals surface area contributed by atoms with Crippen molar-refractivity contribution >= 4 is 17.5 Å². The second kappa shape index (κ2) is 5.02. The summed E-state index contributed by atoms with van der Waals surface area (Å²) in [6.07, 6.45) is 1.00. The Balaban J connectivity index is 1.80. The quantitative estimate of drug-likeness (QED) is 0.833. The van der Waals surface area contributed by atoms with Crippen LogP contribution in [0.15, 0.2) is 0 Å². The maximum absolute atomic E-state index is 12.5. The summed E-state index contributed by atoms with van der Waals surface area (Å²) in [7, 11) is 1.92. The molecule has 7 heteroatoms. The molecule has 3 heterocycles. The lowest BCUT2D eigenvalue weighted by molar-refractivity contribution is 0.0367. The number of aromatic nitrogens is 2. The summed E-state index contributed by atoms with van der Waals surface area (Å²) in [5.74, 6) is -0.0664. The average molecular weight is 298 g/mol. The fraction of sp³-hybridized carbons (Fsp3) is 0.692. The topological polar surface area (TPSA) is 62.2 Å². The van der Waals surface area contributed by atoms with Crippen molar-refractivity contribution in [3.8, 4) is 0 Å². The molecule has 0 unspecified atom stereocenters. The van der Waals surface area contributed by atoms with E-state index in [4.69, 9.17) is 11.6 Å². The molecular weight excluding hydrogens is 278 g/mol. The highest BCUT2D eigenvalue weighted by atomic mass is 35.5. The molecule has 2 N–H and O–H groups in total. The Kier molecular flexibility index (Phi) is 3.48. The van der Waals surface area contributed by atoms with E-state index >= 15 is 0 Å². The smallest absolute Gasteiger partial charge is 0.276 e. The second-order valence-electron chi connectivity index (χ2n) is 5.83. The van der Waals surface area contributed by atoms with Gasteiger partial charge in [-0.1, -0.05) is 11.6 Å². The molecule has 0 saturated carbocycles. The number of nitrogens with zero attached hydrogens (tertiary/aromatic N) is 3. The number of aryl methyl sites for hydroxylation is 1. The van der Waals surface area contributed by atoms with Crippen molar-refractivity contribution in [2.45, 2.75) is 32.0 Å². The van der Waals surface area contributed by atoms with Gasteiger partial charge in [-0.2, -0.15) is 5.10 Å². The third-order valence-corrected chi connectivity index (χ3v) is 4.58. The first-order valence-electron chi connectivity index (χ1n) is 6.98. The lowest BCUT2D eigenvalue weighted by Gasteiger charge is -2.47. The number of hydrogen-bond acceptors (Lipinski definition) is 4. The van der Waals surface area contributed by atoms with Crippen molar-refractivity contribution in [3.63, 3.8) is 0 Å². The third-order valence-electron chi connectivity index (χ3n) is 4.18. The van der Waals surface area contributed by atoms with Gasteiger partial charge in [0.15, 0.2) is 5.69 Å². The molecule has 2 aliphatic rings. The molecule has 1 saturated heterocycles. The van der Waals surface area contributed by atoms with E-state index in [2.05, 4.69) is 22.7 Å². The van der Waals surface area contributed by atoms with Crippen LogP contribution >= 0.6 is 11.6 Å². The fourth-order valence-electron chi connectivity index (χ4n) is 2.77. The largest absolute Gasteiger partial charge is 0.333 e. The molecule has 20 heavy (non-hydrogen) atoms. The highest BCUT2D eigenvalue weighted by Crippen LogP contribution is 2.27. The highest BCUT2D eigenvalue weighted by Gasteiger charge is 2.41. The van der Waals surface area contributed by atoms with Crippen molar-refractivity contribution in [3.05, 3.63) is 16.4 Å². The monoisotopic (exact) mass is 297 g/mol. The number of likely N-dealkylation sites (N-methyl/N-ethyl adjacent to an activating group) is 1. The Morgan fingerprint density at radius 3 is 2.95 bits per heavy atom. The molecule has 1 amide bonds. The molecule has 0 atom stereocenters. The molecule has 2 aliphatic heterocycles. The van der Waals surface area contributed by atoms with Gasteiger partial charge in [-0.15, -0.1) is 0 Å². The molecule has 0 radical (unpaired) electrons. The fourth-order valence-corrected chi connectivity index (χ4v) is 3.06. The van der Waals surface area contributed by atoms with Crippen LogP contribution in [0.2, 0.25) is 5.02 Å². The number of hydrogen-bond donors (Lipinski definition) is 2. The summed E-state index contributed by atoms with van der Waals surface area (Å²) in [6, 6.07) is 0. The Hall–Kier alpha value is -1.11. The van der Waals surface area contributed by atoms with E-state index in [0.717, 1.165) is 25.2 Å². The van der Waals surface area contributed by atoms with Crippen LogP contribution in [0.4, 0.5) is 0 Å². The lowest BCUT2D eigenvalue weighted by atomic mass is 9.92. The summed E-state index contributed by atoms with van der Waals surface area (Å²) in [4.78, 5) is 14.3. The van der Waals surface area contributed by atoms with E-state index < -0.39 is 0 Å². The predicted octanol–water partition coefficient (Wildman–Crippen LogP) is 0.464. The van der Waals surface area contributed by atoms with Crippen molar-refractivity contribution in [1.29, 1.82) is 0 Å². The summed E-state index contributed by atoms with van der Waals surface area (Å²) < 4.78 is 1.87. The normalized spacial score (nSPS) is 21.1. The van der Waals surface area contributed by atoms with E-state index in [1.54, 1.807) is 4.90 Å². The van der Waals surface area contributed by atoms with Gasteiger partial charge in [0.1, 0.15) is 0 Å². The maximum atomic E-state index is 12.5. The molecule has 6 nitrogen and oxygen atoms in total. The first-order valence-corrected chi connectivity index (χ1v) is 7.36. The molecule has 3 rings (SSSR count). The van der Waals surface area contributed by atoms with Gasteiger partial charge in [-0.3, -0.25) is 9.48 Å². The molecule has 1 aromatic rings. The number of likely N-dealkylation sites (tertiary alicyclic amines) is 1. The van der Waals surface area contributed by atoms with Gasteiger partial charge in [-0.05, 0) is 26.9 Å². The number of amides is 1. The number of halogens is 1. The molecule has 0 spiro atoms. The van der Waals surface area contributed by atoms with Crippen molar-refractivity contribution in [2.75, 3.05) is 26.7 Å². The lowest BCUT2D eigenvalue weighted by Crippen LogP contribution is -2.67. The standard InChI is InChI=1S/C13H20ClN5O/c1-13(15-2)7-18(8-13)12(20)11-10(14)9-6-16-4-3-5-19(9)17-11/h15-16H,3-8H2,1-2H3. The number of carbonyl (C=O) groups excluding carboxylic acids is 1. The molecule has 1 fully saturated rings. The Labute approximate surface area is 123 Å². The minimum Gasteiger partial charge on any atom is -0.333 e. The van der Waals surface area contributed by atoms with Crippen LogP contribution in [-0.2, 0) is 13.1 Å². The minimum atomic E-state index is -0.0664. The number of carbonyl (C=O) groups is 1. The van der Waals surface area contributed by atoms with Gasteiger partial charge in [0.25, 0.3) is 5.91 Å². The van der Waals surface area contributed by atoms with Gasteiger partial charge < -0.3 is 15.5 Å². The first kappa shape index (κ1) is 13.9. The molecule has 110 valence electrons. The van der Waals surface area contributed by atoms with Gasteiger partial charge >= 0.3 is 0 Å². The van der Waals surface area contributed by atoms with Crippen LogP contribution in [0.1, 0.15) is 29.5 Å². The van der Waals surface area contributed by atoms with Gasteiger partial charge in [0.05, 0.1) is 16.3 Å². The zero-order chi connectivity index (χ0) is 14.3. The number of rotatable bonds is 2. The summed E-state index contributed by atoms with van der Waals surface area (Å²) in [5, 5.41) is 11.4. The van der Waals surface area contributed by atoms with E-state index in [9.17, 15) is 4.79 Å². The van der Waals surface area contributed by atoms with Crippen molar-refractivity contribution in [2.24, 2.45) is 0 Å². The van der Waals surface area contributed by atoms with E-state index in [0.29, 0.717) is 30.4 Å². The number of fused-ring (bicyclic) bond motifs is 1. The Bertz CT molecular complexity index is 535. The van der Waals surface area contributed by atoms with Crippen LogP contribution in [0, 0.1) is 0 Å². The Morgan fingerprint density at radius 2 is 2.25 bits per heavy atom. The van der Waals surface area contributed by atoms with Gasteiger partial charge in [0, 0.05) is 26.2 Å². The van der Waals surface area contributed by atoms with Crippen LogP contribution in [0.3, 0.4) is 0 Å². The molecule has 1 aromatic heterocycles. The Morgan fingerprint density at radius 1 is 1.50 bits per heavy atom. The number of nitrogens with one attached hydrogen (secondary N) is 2. The van der Waals surface area contributed by atoms with Crippen LogP contribution in [-0.4, -0.2) is 52.8 Å². The van der Waals surface area contributed by atoms with Gasteiger partial charge in [-0.25, -0.2) is 0 Å². The van der Waals surface area contributed by atoms with E-state index in [-0.39, 0.29) is 11.4 Å². The molecular formula is C13H20ClN5O. The molecule has 0 aromatic carbocycles. The van der Waals surface area contributed by atoms with Crippen molar-refractivity contribution in [1.82, 2.24) is 25.3 Å². The van der Waals surface area contributed by atoms with Gasteiger partial charge in [0.2, 0.25) is 0 Å². The zero-order valence-electron chi connectivity index (χ0n) is 11.9. The maximum Gasteiger partial charge on any atom is 0.276 e. The first-order chi connectivity index (χ1) is 9.54. The highest BCUT2D eigenvalue weighted by molar-refractivity contribution is 6.34. The van der Waals surface area contributed by atoms with Crippen LogP contribution in [0.5, 0.6) is 0 Å². The van der Waals surface area contributed by atoms with Crippen LogP contribution < -0.4 is 10.6 Å². The summed E-state index contributed by atoms with van der Waals surface area (Å²) >= 11 is 6.35. The summed E-state index contributed by atoms with van der Waals surface area (Å²) in [6.45, 7) is 5.93. The van der Waals surface area contributed by atoms with Crippen molar-refractivity contribution < 1.29 is 4.79 Å². The second-order valence-corrected chi connectivity index (χ2v) is 6.21. The SMILES string of the molecule is CNC1(C)CN(C(=O)c2nn3c(c2Cl)CNCCC3)C1. The molecule has 0 bridgehead atoms.